The number of aryl methyl sites for hydroxylation is 2. The third-order valence-corrected chi connectivity index (χ3v) is 4.40. The van der Waals surface area contributed by atoms with Gasteiger partial charge in [0.15, 0.2) is 0 Å². The lowest BCUT2D eigenvalue weighted by atomic mass is 10.2. The average molecular weight is 321 g/mol. The van der Waals surface area contributed by atoms with Crippen molar-refractivity contribution in [1.29, 1.82) is 0 Å². The van der Waals surface area contributed by atoms with Gasteiger partial charge in [0.2, 0.25) is 5.91 Å². The highest BCUT2D eigenvalue weighted by Crippen LogP contribution is 2.48. The fourth-order valence-corrected chi connectivity index (χ4v) is 3.14. The Kier molecular flexibility index (Phi) is 3.49. The van der Waals surface area contributed by atoms with E-state index in [0.717, 1.165) is 34.9 Å². The van der Waals surface area contributed by atoms with Crippen molar-refractivity contribution in [2.45, 2.75) is 26.2 Å². The van der Waals surface area contributed by atoms with Crippen molar-refractivity contribution in [3.05, 3.63) is 65.9 Å². The minimum atomic E-state index is -0.00603. The summed E-state index contributed by atoms with van der Waals surface area (Å²) < 4.78 is 7.27. The molecule has 1 aromatic carbocycles. The lowest BCUT2D eigenvalue weighted by Gasteiger charge is -2.09. The topological polar surface area (TPSA) is 60.1 Å². The maximum Gasteiger partial charge on any atom is 0.228 e. The molecule has 5 nitrogen and oxygen atoms in total. The lowest BCUT2D eigenvalue weighted by molar-refractivity contribution is -0.117. The zero-order chi connectivity index (χ0) is 16.7. The molecule has 2 aromatic heterocycles. The number of amides is 1. The van der Waals surface area contributed by atoms with Gasteiger partial charge in [-0.25, -0.2) is 4.68 Å². The highest BCUT2D eigenvalue weighted by Gasteiger charge is 2.45. The van der Waals surface area contributed by atoms with E-state index in [2.05, 4.69) is 10.4 Å². The van der Waals surface area contributed by atoms with Crippen LogP contribution >= 0.6 is 0 Å². The molecule has 0 radical (unpaired) electrons. The van der Waals surface area contributed by atoms with Gasteiger partial charge < -0.3 is 9.73 Å². The number of carbonyl (C=O) groups is 1. The Morgan fingerprint density at radius 1 is 1.25 bits per heavy atom. The summed E-state index contributed by atoms with van der Waals surface area (Å²) in [6.07, 6.45) is 2.50. The van der Waals surface area contributed by atoms with E-state index in [1.807, 2.05) is 61.0 Å². The van der Waals surface area contributed by atoms with E-state index in [9.17, 15) is 4.79 Å². The molecule has 4 rings (SSSR count). The molecule has 0 saturated heterocycles. The molecule has 1 amide bonds. The summed E-state index contributed by atoms with van der Waals surface area (Å²) in [7, 11) is 0. The van der Waals surface area contributed by atoms with E-state index in [1.165, 1.54) is 0 Å². The van der Waals surface area contributed by atoms with Crippen LogP contribution in [0.4, 0.5) is 5.69 Å². The molecule has 1 aliphatic rings. The number of rotatable bonds is 4. The van der Waals surface area contributed by atoms with E-state index >= 15 is 0 Å². The van der Waals surface area contributed by atoms with Crippen molar-refractivity contribution in [2.75, 3.05) is 5.32 Å². The molecule has 5 heteroatoms. The Bertz CT molecular complexity index is 880. The molecule has 0 aliphatic heterocycles. The molecule has 0 spiro atoms. The lowest BCUT2D eigenvalue weighted by Crippen LogP contribution is -2.14. The Morgan fingerprint density at radius 3 is 2.83 bits per heavy atom. The first-order valence-corrected chi connectivity index (χ1v) is 8.10. The van der Waals surface area contributed by atoms with Crippen LogP contribution in [0.5, 0.6) is 0 Å². The SMILES string of the molecule is Cc1cc(C)n(-c2cccc(NC(=O)C3CC3c3ccco3)c2)n1. The van der Waals surface area contributed by atoms with E-state index in [4.69, 9.17) is 4.42 Å². The van der Waals surface area contributed by atoms with Crippen LogP contribution in [0.25, 0.3) is 5.69 Å². The number of nitrogens with one attached hydrogen (secondary N) is 1. The van der Waals surface area contributed by atoms with Gasteiger partial charge in [-0.2, -0.15) is 5.10 Å². The number of furan rings is 1. The molecule has 0 bridgehead atoms. The van der Waals surface area contributed by atoms with Gasteiger partial charge >= 0.3 is 0 Å². The third-order valence-electron chi connectivity index (χ3n) is 4.40. The van der Waals surface area contributed by atoms with Crippen LogP contribution < -0.4 is 5.32 Å². The minimum absolute atomic E-state index is 0.00603. The van der Waals surface area contributed by atoms with Crippen LogP contribution in [0.15, 0.2) is 53.1 Å². The summed E-state index contributed by atoms with van der Waals surface area (Å²) in [6.45, 7) is 3.99. The first-order valence-electron chi connectivity index (χ1n) is 8.10. The molecule has 2 heterocycles. The molecule has 2 atom stereocenters. The average Bonchev–Trinajstić information content (AvgIpc) is 3.02. The zero-order valence-corrected chi connectivity index (χ0v) is 13.7. The maximum absolute atomic E-state index is 12.4. The molecule has 1 fully saturated rings. The number of hydrogen-bond donors (Lipinski definition) is 1. The van der Waals surface area contributed by atoms with Crippen molar-refractivity contribution in [2.24, 2.45) is 5.92 Å². The van der Waals surface area contributed by atoms with Gasteiger partial charge in [-0.1, -0.05) is 6.07 Å². The van der Waals surface area contributed by atoms with E-state index in [-0.39, 0.29) is 17.7 Å². The first kappa shape index (κ1) is 14.8. The standard InChI is InChI=1S/C19H19N3O2/c1-12-9-13(2)22(21-12)15-6-3-5-14(10-15)20-19(23)17-11-16(17)18-7-4-8-24-18/h3-10,16-17H,11H2,1-2H3,(H,20,23). The second-order valence-electron chi connectivity index (χ2n) is 6.34. The van der Waals surface area contributed by atoms with Gasteiger partial charge in [0, 0.05) is 23.2 Å². The number of anilines is 1. The summed E-state index contributed by atoms with van der Waals surface area (Å²) in [6, 6.07) is 13.6. The predicted molar refractivity (Wildman–Crippen MR) is 91.2 cm³/mol. The Morgan fingerprint density at radius 2 is 2.12 bits per heavy atom. The number of aromatic nitrogens is 2. The highest BCUT2D eigenvalue weighted by molar-refractivity contribution is 5.95. The molecule has 24 heavy (non-hydrogen) atoms. The van der Waals surface area contributed by atoms with Crippen LogP contribution in [0.1, 0.15) is 29.5 Å². The predicted octanol–water partition coefficient (Wildman–Crippen LogP) is 3.82. The largest absolute Gasteiger partial charge is 0.469 e. The van der Waals surface area contributed by atoms with Gasteiger partial charge in [-0.3, -0.25) is 4.79 Å². The first-order chi connectivity index (χ1) is 11.6. The van der Waals surface area contributed by atoms with Crippen molar-refractivity contribution < 1.29 is 9.21 Å². The van der Waals surface area contributed by atoms with Crippen LogP contribution in [-0.2, 0) is 4.79 Å². The molecule has 1 aliphatic carbocycles. The van der Waals surface area contributed by atoms with Crippen molar-refractivity contribution >= 4 is 11.6 Å². The number of carbonyl (C=O) groups excluding carboxylic acids is 1. The normalized spacial score (nSPS) is 19.2. The highest BCUT2D eigenvalue weighted by atomic mass is 16.3. The Hall–Kier alpha value is -2.82. The summed E-state index contributed by atoms with van der Waals surface area (Å²) in [5.74, 6) is 1.14. The van der Waals surface area contributed by atoms with Gasteiger partial charge in [-0.15, -0.1) is 0 Å². The van der Waals surface area contributed by atoms with E-state index in [0.29, 0.717) is 0 Å². The smallest absolute Gasteiger partial charge is 0.228 e. The molecule has 3 aromatic rings. The Labute approximate surface area is 140 Å². The molecular formula is C19H19N3O2. The van der Waals surface area contributed by atoms with Crippen molar-refractivity contribution in [3.63, 3.8) is 0 Å². The van der Waals surface area contributed by atoms with Gasteiger partial charge in [0.1, 0.15) is 5.76 Å². The zero-order valence-electron chi connectivity index (χ0n) is 13.7. The third kappa shape index (κ3) is 2.73. The van der Waals surface area contributed by atoms with E-state index in [1.54, 1.807) is 6.26 Å². The van der Waals surface area contributed by atoms with Gasteiger partial charge in [0.05, 0.1) is 17.6 Å². The number of hydrogen-bond acceptors (Lipinski definition) is 3. The molecule has 2 unspecified atom stereocenters. The number of benzene rings is 1. The summed E-state index contributed by atoms with van der Waals surface area (Å²) >= 11 is 0. The Balaban J connectivity index is 1.49. The van der Waals surface area contributed by atoms with Crippen molar-refractivity contribution in [3.8, 4) is 5.69 Å². The summed E-state index contributed by atoms with van der Waals surface area (Å²) in [4.78, 5) is 12.4. The molecular weight excluding hydrogens is 302 g/mol. The summed E-state index contributed by atoms with van der Waals surface area (Å²) in [5, 5.41) is 7.50. The fraction of sp³-hybridized carbons (Fsp3) is 0.263. The quantitative estimate of drug-likeness (QED) is 0.794. The second-order valence-corrected chi connectivity index (χ2v) is 6.34. The van der Waals surface area contributed by atoms with Gasteiger partial charge in [-0.05, 0) is 56.7 Å². The van der Waals surface area contributed by atoms with Gasteiger partial charge in [0.25, 0.3) is 0 Å². The maximum atomic E-state index is 12.4. The second kappa shape index (κ2) is 5.67. The van der Waals surface area contributed by atoms with Crippen molar-refractivity contribution in [1.82, 2.24) is 9.78 Å². The van der Waals surface area contributed by atoms with Crippen LogP contribution in [0.3, 0.4) is 0 Å². The van der Waals surface area contributed by atoms with Crippen LogP contribution in [0.2, 0.25) is 0 Å². The van der Waals surface area contributed by atoms with Crippen LogP contribution in [0, 0.1) is 19.8 Å². The minimum Gasteiger partial charge on any atom is -0.469 e. The molecule has 1 saturated carbocycles. The van der Waals surface area contributed by atoms with E-state index < -0.39 is 0 Å². The fourth-order valence-electron chi connectivity index (χ4n) is 3.14. The van der Waals surface area contributed by atoms with Crippen LogP contribution in [-0.4, -0.2) is 15.7 Å². The molecule has 1 N–H and O–H groups in total. The summed E-state index contributed by atoms with van der Waals surface area (Å²) in [5.41, 5.74) is 3.77. The number of nitrogens with zero attached hydrogens (tertiary/aromatic N) is 2. The molecule has 122 valence electrons. The monoisotopic (exact) mass is 321 g/mol.